The van der Waals surface area contributed by atoms with Crippen LogP contribution < -0.4 is 5.32 Å². The maximum absolute atomic E-state index is 11.8. The number of aliphatic carboxylic acids is 1. The Bertz CT molecular complexity index is 264. The molecule has 0 bridgehead atoms. The van der Waals surface area contributed by atoms with Crippen LogP contribution in [0.25, 0.3) is 0 Å². The van der Waals surface area contributed by atoms with E-state index < -0.39 is 17.8 Å². The third-order valence-corrected chi connectivity index (χ3v) is 4.17. The van der Waals surface area contributed by atoms with Crippen LogP contribution in [0, 0.1) is 11.8 Å². The topological polar surface area (TPSA) is 66.4 Å². The smallest absolute Gasteiger partial charge is 0.307 e. The van der Waals surface area contributed by atoms with Crippen molar-refractivity contribution in [1.29, 1.82) is 0 Å². The van der Waals surface area contributed by atoms with E-state index in [4.69, 9.17) is 5.11 Å². The standard InChI is InChI=1S/C11H19NO3S/c1-7(8(2)11(14)15)10(13)12-9-3-5-16-6-4-9/h7-9H,3-6H2,1-2H3,(H,12,13)(H,14,15). The number of carbonyl (C=O) groups is 2. The Morgan fingerprint density at radius 3 is 2.31 bits per heavy atom. The maximum atomic E-state index is 11.8. The molecule has 0 aromatic carbocycles. The molecule has 0 spiro atoms. The van der Waals surface area contributed by atoms with E-state index in [1.54, 1.807) is 13.8 Å². The molecule has 1 aliphatic rings. The molecule has 2 unspecified atom stereocenters. The molecule has 5 heteroatoms. The second kappa shape index (κ2) is 6.13. The highest BCUT2D eigenvalue weighted by Gasteiger charge is 2.27. The summed E-state index contributed by atoms with van der Waals surface area (Å²) in [5.41, 5.74) is 0. The van der Waals surface area contributed by atoms with Crippen LogP contribution >= 0.6 is 11.8 Å². The van der Waals surface area contributed by atoms with Crippen LogP contribution in [-0.2, 0) is 9.59 Å². The fraction of sp³-hybridized carbons (Fsp3) is 0.818. The summed E-state index contributed by atoms with van der Waals surface area (Å²) in [6.45, 7) is 3.25. The van der Waals surface area contributed by atoms with Crippen molar-refractivity contribution in [2.75, 3.05) is 11.5 Å². The number of carboxylic acid groups (broad SMARTS) is 1. The third kappa shape index (κ3) is 3.70. The quantitative estimate of drug-likeness (QED) is 0.784. The van der Waals surface area contributed by atoms with Crippen molar-refractivity contribution >= 4 is 23.6 Å². The Morgan fingerprint density at radius 2 is 1.81 bits per heavy atom. The SMILES string of the molecule is CC(C(=O)O)C(C)C(=O)NC1CCSCC1. The van der Waals surface area contributed by atoms with Gasteiger partial charge in [-0.2, -0.15) is 11.8 Å². The van der Waals surface area contributed by atoms with Crippen LogP contribution in [0.15, 0.2) is 0 Å². The van der Waals surface area contributed by atoms with Crippen molar-refractivity contribution in [1.82, 2.24) is 5.32 Å². The summed E-state index contributed by atoms with van der Waals surface area (Å²) in [5, 5.41) is 11.8. The van der Waals surface area contributed by atoms with Gasteiger partial charge in [0.25, 0.3) is 0 Å². The molecule has 0 radical (unpaired) electrons. The molecule has 92 valence electrons. The van der Waals surface area contributed by atoms with Gasteiger partial charge in [-0.15, -0.1) is 0 Å². The summed E-state index contributed by atoms with van der Waals surface area (Å²) >= 11 is 1.90. The Balaban J connectivity index is 2.41. The average Bonchev–Trinajstić information content (AvgIpc) is 2.28. The van der Waals surface area contributed by atoms with Crippen molar-refractivity contribution in [2.24, 2.45) is 11.8 Å². The van der Waals surface area contributed by atoms with Gasteiger partial charge in [0.15, 0.2) is 0 Å². The molecule has 1 heterocycles. The van der Waals surface area contributed by atoms with E-state index in [2.05, 4.69) is 5.32 Å². The van der Waals surface area contributed by atoms with Crippen LogP contribution in [0.1, 0.15) is 26.7 Å². The van der Waals surface area contributed by atoms with E-state index in [1.165, 1.54) is 0 Å². The van der Waals surface area contributed by atoms with Crippen LogP contribution in [-0.4, -0.2) is 34.5 Å². The highest BCUT2D eigenvalue weighted by Crippen LogP contribution is 2.18. The minimum atomic E-state index is -0.915. The largest absolute Gasteiger partial charge is 0.481 e. The van der Waals surface area contributed by atoms with E-state index >= 15 is 0 Å². The molecular weight excluding hydrogens is 226 g/mol. The van der Waals surface area contributed by atoms with E-state index in [0.29, 0.717) is 0 Å². The molecule has 1 rings (SSSR count). The van der Waals surface area contributed by atoms with Gasteiger partial charge in [-0.05, 0) is 24.3 Å². The molecule has 0 aliphatic carbocycles. The van der Waals surface area contributed by atoms with E-state index in [-0.39, 0.29) is 11.9 Å². The molecule has 2 atom stereocenters. The first-order valence-electron chi connectivity index (χ1n) is 5.63. The summed E-state index contributed by atoms with van der Waals surface area (Å²) in [5.74, 6) is 0.0143. The minimum Gasteiger partial charge on any atom is -0.481 e. The molecule has 0 aromatic rings. The first kappa shape index (κ1) is 13.4. The second-order valence-electron chi connectivity index (χ2n) is 4.31. The lowest BCUT2D eigenvalue weighted by Gasteiger charge is -2.25. The predicted molar refractivity (Wildman–Crippen MR) is 64.5 cm³/mol. The first-order valence-corrected chi connectivity index (χ1v) is 6.78. The Hall–Kier alpha value is -0.710. The van der Waals surface area contributed by atoms with Crippen molar-refractivity contribution in [3.05, 3.63) is 0 Å². The van der Waals surface area contributed by atoms with Gasteiger partial charge in [0.2, 0.25) is 5.91 Å². The maximum Gasteiger partial charge on any atom is 0.307 e. The Labute approximate surface area is 100 Å². The zero-order valence-corrected chi connectivity index (χ0v) is 10.5. The van der Waals surface area contributed by atoms with Crippen molar-refractivity contribution in [2.45, 2.75) is 32.7 Å². The van der Waals surface area contributed by atoms with Crippen molar-refractivity contribution < 1.29 is 14.7 Å². The molecule has 1 aliphatic heterocycles. The number of amides is 1. The summed E-state index contributed by atoms with van der Waals surface area (Å²) in [7, 11) is 0. The molecular formula is C11H19NO3S. The number of carboxylic acids is 1. The van der Waals surface area contributed by atoms with E-state index in [1.807, 2.05) is 11.8 Å². The average molecular weight is 245 g/mol. The van der Waals surface area contributed by atoms with Crippen LogP contribution in [0.2, 0.25) is 0 Å². The van der Waals surface area contributed by atoms with Gasteiger partial charge >= 0.3 is 5.97 Å². The summed E-state index contributed by atoms with van der Waals surface area (Å²) < 4.78 is 0. The number of hydrogen-bond acceptors (Lipinski definition) is 3. The molecule has 0 aromatic heterocycles. The molecule has 4 nitrogen and oxygen atoms in total. The van der Waals surface area contributed by atoms with Gasteiger partial charge in [-0.1, -0.05) is 13.8 Å². The molecule has 2 N–H and O–H groups in total. The highest BCUT2D eigenvalue weighted by atomic mass is 32.2. The first-order chi connectivity index (χ1) is 7.52. The second-order valence-corrected chi connectivity index (χ2v) is 5.54. The van der Waals surface area contributed by atoms with E-state index in [0.717, 1.165) is 24.3 Å². The molecule has 1 amide bonds. The molecule has 1 saturated heterocycles. The van der Waals surface area contributed by atoms with Gasteiger partial charge in [0.1, 0.15) is 0 Å². The summed E-state index contributed by atoms with van der Waals surface area (Å²) in [4.78, 5) is 22.5. The van der Waals surface area contributed by atoms with Gasteiger partial charge in [-0.3, -0.25) is 9.59 Å². The zero-order chi connectivity index (χ0) is 12.1. The Kier molecular flexibility index (Phi) is 5.12. The lowest BCUT2D eigenvalue weighted by atomic mass is 9.95. The molecule has 1 fully saturated rings. The third-order valence-electron chi connectivity index (χ3n) is 3.12. The lowest BCUT2D eigenvalue weighted by Crippen LogP contribution is -2.42. The number of nitrogens with one attached hydrogen (secondary N) is 1. The van der Waals surface area contributed by atoms with Gasteiger partial charge < -0.3 is 10.4 Å². The number of hydrogen-bond donors (Lipinski definition) is 2. The highest BCUT2D eigenvalue weighted by molar-refractivity contribution is 7.99. The Morgan fingerprint density at radius 1 is 1.25 bits per heavy atom. The normalized spacial score (nSPS) is 21.1. The van der Waals surface area contributed by atoms with E-state index in [9.17, 15) is 9.59 Å². The zero-order valence-electron chi connectivity index (χ0n) is 9.73. The fourth-order valence-corrected chi connectivity index (χ4v) is 2.72. The molecule has 0 saturated carbocycles. The van der Waals surface area contributed by atoms with Gasteiger partial charge in [0.05, 0.1) is 5.92 Å². The fourth-order valence-electron chi connectivity index (χ4n) is 1.62. The summed E-state index contributed by atoms with van der Waals surface area (Å²) in [6, 6.07) is 0.234. The lowest BCUT2D eigenvalue weighted by molar-refractivity contribution is -0.146. The molecule has 16 heavy (non-hydrogen) atoms. The number of carbonyl (C=O) groups excluding carboxylic acids is 1. The van der Waals surface area contributed by atoms with Crippen LogP contribution in [0.5, 0.6) is 0 Å². The van der Waals surface area contributed by atoms with Gasteiger partial charge in [-0.25, -0.2) is 0 Å². The van der Waals surface area contributed by atoms with Crippen LogP contribution in [0.3, 0.4) is 0 Å². The number of thioether (sulfide) groups is 1. The van der Waals surface area contributed by atoms with Gasteiger partial charge in [0, 0.05) is 12.0 Å². The monoisotopic (exact) mass is 245 g/mol. The predicted octanol–water partition coefficient (Wildman–Crippen LogP) is 1.35. The summed E-state index contributed by atoms with van der Waals surface area (Å²) in [6.07, 6.45) is 1.98. The van der Waals surface area contributed by atoms with Crippen molar-refractivity contribution in [3.63, 3.8) is 0 Å². The van der Waals surface area contributed by atoms with Crippen LogP contribution in [0.4, 0.5) is 0 Å². The number of rotatable bonds is 4. The van der Waals surface area contributed by atoms with Crippen molar-refractivity contribution in [3.8, 4) is 0 Å². The minimum absolute atomic E-state index is 0.133.